The lowest BCUT2D eigenvalue weighted by molar-refractivity contribution is -0.132. The molecule has 98 valence electrons. The Morgan fingerprint density at radius 1 is 1.41 bits per heavy atom. The molecular formula is C13H24N2O2. The predicted molar refractivity (Wildman–Crippen MR) is 66.9 cm³/mol. The summed E-state index contributed by atoms with van der Waals surface area (Å²) >= 11 is 0. The molecule has 1 saturated heterocycles. The van der Waals surface area contributed by atoms with Gasteiger partial charge in [-0.05, 0) is 38.6 Å². The Hall–Kier alpha value is -0.610. The Labute approximate surface area is 104 Å². The quantitative estimate of drug-likeness (QED) is 0.679. The number of hydrogen-bond donors (Lipinski definition) is 1. The summed E-state index contributed by atoms with van der Waals surface area (Å²) < 4.78 is 5.00. The van der Waals surface area contributed by atoms with Crippen molar-refractivity contribution in [3.05, 3.63) is 0 Å². The van der Waals surface area contributed by atoms with Crippen LogP contribution in [0.25, 0.3) is 0 Å². The standard InChI is InChI=1S/C13H24N2O2/c1-17-9-3-5-13(16)15(12-6-7-12)10-11-4-2-8-14-11/h11-12,14H,2-10H2,1H3/t11-/m1/s1. The van der Waals surface area contributed by atoms with Crippen LogP contribution < -0.4 is 5.32 Å². The van der Waals surface area contributed by atoms with Crippen molar-refractivity contribution in [2.45, 2.75) is 50.6 Å². The highest BCUT2D eigenvalue weighted by molar-refractivity contribution is 5.76. The van der Waals surface area contributed by atoms with Crippen LogP contribution in [-0.4, -0.2) is 49.7 Å². The molecule has 0 aromatic heterocycles. The molecule has 4 heteroatoms. The third kappa shape index (κ3) is 3.96. The second-order valence-corrected chi connectivity index (χ2v) is 5.17. The van der Waals surface area contributed by atoms with Crippen molar-refractivity contribution in [2.24, 2.45) is 0 Å². The second kappa shape index (κ2) is 6.36. The van der Waals surface area contributed by atoms with Crippen LogP contribution in [0, 0.1) is 0 Å². The molecular weight excluding hydrogens is 216 g/mol. The van der Waals surface area contributed by atoms with Gasteiger partial charge in [0.15, 0.2) is 0 Å². The van der Waals surface area contributed by atoms with Gasteiger partial charge in [-0.1, -0.05) is 0 Å². The summed E-state index contributed by atoms with van der Waals surface area (Å²) in [7, 11) is 1.69. The van der Waals surface area contributed by atoms with Crippen LogP contribution in [0.4, 0.5) is 0 Å². The minimum absolute atomic E-state index is 0.318. The van der Waals surface area contributed by atoms with Gasteiger partial charge in [-0.3, -0.25) is 4.79 Å². The highest BCUT2D eigenvalue weighted by Crippen LogP contribution is 2.28. The Bertz CT molecular complexity index is 248. The summed E-state index contributed by atoms with van der Waals surface area (Å²) in [5.41, 5.74) is 0. The first kappa shape index (κ1) is 12.8. The molecule has 0 radical (unpaired) electrons. The normalized spacial score (nSPS) is 23.9. The number of ether oxygens (including phenoxy) is 1. The first-order chi connectivity index (χ1) is 8.31. The van der Waals surface area contributed by atoms with Crippen molar-refractivity contribution in [1.82, 2.24) is 10.2 Å². The zero-order valence-electron chi connectivity index (χ0n) is 10.8. The molecule has 1 aliphatic carbocycles. The van der Waals surface area contributed by atoms with Gasteiger partial charge in [0.05, 0.1) is 0 Å². The zero-order valence-corrected chi connectivity index (χ0v) is 10.8. The summed E-state index contributed by atoms with van der Waals surface area (Å²) in [4.78, 5) is 14.2. The van der Waals surface area contributed by atoms with E-state index in [4.69, 9.17) is 4.74 Å². The highest BCUT2D eigenvalue weighted by atomic mass is 16.5. The van der Waals surface area contributed by atoms with Crippen LogP contribution in [0.5, 0.6) is 0 Å². The molecule has 1 aliphatic heterocycles. The maximum Gasteiger partial charge on any atom is 0.222 e. The van der Waals surface area contributed by atoms with E-state index >= 15 is 0 Å². The van der Waals surface area contributed by atoms with E-state index in [2.05, 4.69) is 10.2 Å². The van der Waals surface area contributed by atoms with Gasteiger partial charge in [-0.25, -0.2) is 0 Å². The molecule has 0 spiro atoms. The molecule has 1 saturated carbocycles. The van der Waals surface area contributed by atoms with Gasteiger partial charge in [0.1, 0.15) is 0 Å². The van der Waals surface area contributed by atoms with Crippen LogP contribution in [0.2, 0.25) is 0 Å². The number of nitrogens with one attached hydrogen (secondary N) is 1. The lowest BCUT2D eigenvalue weighted by atomic mass is 10.2. The molecule has 0 bridgehead atoms. The average molecular weight is 240 g/mol. The number of methoxy groups -OCH3 is 1. The van der Waals surface area contributed by atoms with Gasteiger partial charge in [-0.15, -0.1) is 0 Å². The summed E-state index contributed by atoms with van der Waals surface area (Å²) in [6.07, 6.45) is 6.34. The number of rotatable bonds is 7. The van der Waals surface area contributed by atoms with Crippen molar-refractivity contribution in [1.29, 1.82) is 0 Å². The van der Waals surface area contributed by atoms with Gasteiger partial charge in [0.25, 0.3) is 0 Å². The molecule has 1 amide bonds. The molecule has 1 heterocycles. The number of nitrogens with zero attached hydrogens (tertiary/aromatic N) is 1. The second-order valence-electron chi connectivity index (χ2n) is 5.17. The molecule has 2 fully saturated rings. The van der Waals surface area contributed by atoms with E-state index in [1.807, 2.05) is 0 Å². The number of carbonyl (C=O) groups is 1. The fourth-order valence-electron chi connectivity index (χ4n) is 2.50. The van der Waals surface area contributed by atoms with E-state index in [-0.39, 0.29) is 0 Å². The van der Waals surface area contributed by atoms with Gasteiger partial charge in [0, 0.05) is 38.8 Å². The van der Waals surface area contributed by atoms with E-state index in [9.17, 15) is 4.79 Å². The number of carbonyl (C=O) groups excluding carboxylic acids is 1. The SMILES string of the molecule is COCCCC(=O)N(C[C@H]1CCCN1)C1CC1. The lowest BCUT2D eigenvalue weighted by Gasteiger charge is -2.26. The third-order valence-electron chi connectivity index (χ3n) is 3.63. The molecule has 0 unspecified atom stereocenters. The lowest BCUT2D eigenvalue weighted by Crippen LogP contribution is -2.42. The fraction of sp³-hybridized carbons (Fsp3) is 0.923. The summed E-state index contributed by atoms with van der Waals surface area (Å²) in [5, 5.41) is 3.47. The molecule has 2 rings (SSSR count). The van der Waals surface area contributed by atoms with E-state index in [0.717, 1.165) is 19.5 Å². The summed E-state index contributed by atoms with van der Waals surface area (Å²) in [6.45, 7) is 2.71. The van der Waals surface area contributed by atoms with Crippen LogP contribution in [0.15, 0.2) is 0 Å². The molecule has 17 heavy (non-hydrogen) atoms. The Balaban J connectivity index is 1.76. The van der Waals surface area contributed by atoms with Crippen LogP contribution in [0.1, 0.15) is 38.5 Å². The Morgan fingerprint density at radius 2 is 2.24 bits per heavy atom. The van der Waals surface area contributed by atoms with E-state index < -0.39 is 0 Å². The minimum atomic E-state index is 0.318. The molecule has 4 nitrogen and oxygen atoms in total. The van der Waals surface area contributed by atoms with Crippen molar-refractivity contribution in [3.63, 3.8) is 0 Å². The number of hydrogen-bond acceptors (Lipinski definition) is 3. The van der Waals surface area contributed by atoms with E-state index in [1.165, 1.54) is 25.7 Å². The number of amides is 1. The van der Waals surface area contributed by atoms with Crippen LogP contribution >= 0.6 is 0 Å². The third-order valence-corrected chi connectivity index (χ3v) is 3.63. The molecule has 0 aromatic carbocycles. The van der Waals surface area contributed by atoms with Gasteiger partial charge in [-0.2, -0.15) is 0 Å². The average Bonchev–Trinajstić information content (AvgIpc) is 3.03. The summed E-state index contributed by atoms with van der Waals surface area (Å²) in [6, 6.07) is 1.06. The molecule has 1 atom stereocenters. The molecule has 0 aromatic rings. The monoisotopic (exact) mass is 240 g/mol. The summed E-state index contributed by atoms with van der Waals surface area (Å²) in [5.74, 6) is 0.318. The van der Waals surface area contributed by atoms with Crippen molar-refractivity contribution >= 4 is 5.91 Å². The minimum Gasteiger partial charge on any atom is -0.385 e. The maximum atomic E-state index is 12.1. The first-order valence-corrected chi connectivity index (χ1v) is 6.83. The Morgan fingerprint density at radius 3 is 2.82 bits per heavy atom. The molecule has 1 N–H and O–H groups in total. The van der Waals surface area contributed by atoms with Crippen molar-refractivity contribution in [2.75, 3.05) is 26.8 Å². The fourth-order valence-corrected chi connectivity index (χ4v) is 2.50. The predicted octanol–water partition coefficient (Wildman–Crippen LogP) is 1.16. The van der Waals surface area contributed by atoms with Gasteiger partial charge >= 0.3 is 0 Å². The van der Waals surface area contributed by atoms with Crippen LogP contribution in [0.3, 0.4) is 0 Å². The van der Waals surface area contributed by atoms with E-state index in [0.29, 0.717) is 31.0 Å². The first-order valence-electron chi connectivity index (χ1n) is 6.83. The molecule has 2 aliphatic rings. The largest absolute Gasteiger partial charge is 0.385 e. The van der Waals surface area contributed by atoms with Gasteiger partial charge in [0.2, 0.25) is 5.91 Å². The zero-order chi connectivity index (χ0) is 12.1. The van der Waals surface area contributed by atoms with Crippen LogP contribution in [-0.2, 0) is 9.53 Å². The smallest absolute Gasteiger partial charge is 0.222 e. The highest BCUT2D eigenvalue weighted by Gasteiger charge is 2.33. The van der Waals surface area contributed by atoms with Crippen molar-refractivity contribution in [3.8, 4) is 0 Å². The Kier molecular flexibility index (Phi) is 4.80. The van der Waals surface area contributed by atoms with Gasteiger partial charge < -0.3 is 15.0 Å². The van der Waals surface area contributed by atoms with Crippen molar-refractivity contribution < 1.29 is 9.53 Å². The maximum absolute atomic E-state index is 12.1. The van der Waals surface area contributed by atoms with E-state index in [1.54, 1.807) is 7.11 Å². The topological polar surface area (TPSA) is 41.6 Å².